The predicted molar refractivity (Wildman–Crippen MR) is 47.1 cm³/mol. The maximum Gasteiger partial charge on any atom is 0.335 e. The van der Waals surface area contributed by atoms with E-state index in [0.717, 1.165) is 0 Å². The largest absolute Gasteiger partial charge is 0.464 e. The van der Waals surface area contributed by atoms with Crippen molar-refractivity contribution in [1.29, 1.82) is 0 Å². The molecule has 0 aromatic heterocycles. The first-order chi connectivity index (χ1) is 6.04. The number of esters is 1. The molecule has 0 rings (SSSR count). The Kier molecular flexibility index (Phi) is 5.30. The van der Waals surface area contributed by atoms with E-state index in [9.17, 15) is 14.7 Å². The number of rotatable bonds is 5. The molecule has 0 radical (unpaired) electrons. The van der Waals surface area contributed by atoms with E-state index < -0.39 is 18.0 Å². The van der Waals surface area contributed by atoms with Crippen LogP contribution in [0.5, 0.6) is 0 Å². The van der Waals surface area contributed by atoms with E-state index in [-0.39, 0.29) is 12.4 Å². The van der Waals surface area contributed by atoms with Crippen LogP contribution in [-0.2, 0) is 14.3 Å². The van der Waals surface area contributed by atoms with Gasteiger partial charge < -0.3 is 9.84 Å². The molecule has 0 aliphatic rings. The molecule has 0 spiro atoms. The first-order valence-electron chi connectivity index (χ1n) is 4.42. The van der Waals surface area contributed by atoms with E-state index in [1.807, 2.05) is 0 Å². The quantitative estimate of drug-likeness (QED) is 0.639. The molecule has 0 aromatic rings. The lowest BCUT2D eigenvalue weighted by Crippen LogP contribution is -2.34. The molecule has 4 nitrogen and oxygen atoms in total. The van der Waals surface area contributed by atoms with Crippen LogP contribution in [-0.4, -0.2) is 29.6 Å². The molecule has 0 bridgehead atoms. The number of carbonyl (C=O) groups is 2. The van der Waals surface area contributed by atoms with Crippen molar-refractivity contribution in [2.45, 2.75) is 33.3 Å². The number of carbonyl (C=O) groups excluding carboxylic acids is 2. The average molecular weight is 188 g/mol. The van der Waals surface area contributed by atoms with Gasteiger partial charge >= 0.3 is 5.97 Å². The van der Waals surface area contributed by atoms with Crippen molar-refractivity contribution in [2.24, 2.45) is 5.92 Å². The van der Waals surface area contributed by atoms with Crippen molar-refractivity contribution >= 4 is 11.8 Å². The minimum absolute atomic E-state index is 0.138. The van der Waals surface area contributed by atoms with Gasteiger partial charge in [-0.05, 0) is 6.92 Å². The summed E-state index contributed by atoms with van der Waals surface area (Å²) in [5, 5.41) is 9.32. The minimum Gasteiger partial charge on any atom is -0.464 e. The number of hydrogen-bond acceptors (Lipinski definition) is 4. The van der Waals surface area contributed by atoms with Gasteiger partial charge in [-0.15, -0.1) is 0 Å². The Hall–Kier alpha value is -0.900. The van der Waals surface area contributed by atoms with Gasteiger partial charge in [0, 0.05) is 6.42 Å². The van der Waals surface area contributed by atoms with E-state index in [2.05, 4.69) is 4.74 Å². The third-order valence-electron chi connectivity index (χ3n) is 1.86. The van der Waals surface area contributed by atoms with Crippen LogP contribution in [0.3, 0.4) is 0 Å². The smallest absolute Gasteiger partial charge is 0.335 e. The van der Waals surface area contributed by atoms with Gasteiger partial charge in [0.25, 0.3) is 0 Å². The molecule has 0 aliphatic heterocycles. The molecule has 0 unspecified atom stereocenters. The van der Waals surface area contributed by atoms with E-state index in [4.69, 9.17) is 0 Å². The van der Waals surface area contributed by atoms with Gasteiger partial charge in [-0.25, -0.2) is 4.79 Å². The van der Waals surface area contributed by atoms with Crippen LogP contribution in [0.1, 0.15) is 27.2 Å². The summed E-state index contributed by atoms with van der Waals surface area (Å²) in [4.78, 5) is 22.1. The molecule has 0 saturated heterocycles. The standard InChI is InChI=1S/C9H16O4/c1-4-7(10)6(3)8(11)9(12)13-5-2/h6,8,11H,4-5H2,1-3H3/t6-,8+/m1/s1. The van der Waals surface area contributed by atoms with Crippen LogP contribution in [0.25, 0.3) is 0 Å². The van der Waals surface area contributed by atoms with Gasteiger partial charge in [-0.2, -0.15) is 0 Å². The normalized spacial score (nSPS) is 14.8. The minimum atomic E-state index is -1.33. The van der Waals surface area contributed by atoms with Crippen LogP contribution >= 0.6 is 0 Å². The number of Topliss-reactive ketones (excluding diaryl/α,β-unsaturated/α-hetero) is 1. The third kappa shape index (κ3) is 3.55. The second-order valence-electron chi connectivity index (χ2n) is 2.81. The van der Waals surface area contributed by atoms with Crippen LogP contribution in [0, 0.1) is 5.92 Å². The summed E-state index contributed by atoms with van der Waals surface area (Å²) in [6.07, 6.45) is -1.01. The maximum absolute atomic E-state index is 11.1. The van der Waals surface area contributed by atoms with Crippen LogP contribution in [0.2, 0.25) is 0 Å². The van der Waals surface area contributed by atoms with E-state index in [0.29, 0.717) is 6.42 Å². The molecule has 2 atom stereocenters. The van der Waals surface area contributed by atoms with Gasteiger partial charge in [-0.3, -0.25) is 4.79 Å². The Labute approximate surface area is 77.9 Å². The maximum atomic E-state index is 11.1. The molecule has 0 aliphatic carbocycles. The Balaban J connectivity index is 4.16. The fourth-order valence-corrected chi connectivity index (χ4v) is 0.930. The highest BCUT2D eigenvalue weighted by Gasteiger charge is 2.27. The summed E-state index contributed by atoms with van der Waals surface area (Å²) in [5.41, 5.74) is 0. The summed E-state index contributed by atoms with van der Waals surface area (Å²) in [5.74, 6) is -1.54. The second-order valence-corrected chi connectivity index (χ2v) is 2.81. The van der Waals surface area contributed by atoms with Gasteiger partial charge in [0.05, 0.1) is 12.5 Å². The van der Waals surface area contributed by atoms with Crippen LogP contribution < -0.4 is 0 Å². The summed E-state index contributed by atoms with van der Waals surface area (Å²) in [6.45, 7) is 5.07. The first-order valence-corrected chi connectivity index (χ1v) is 4.42. The number of aliphatic hydroxyl groups is 1. The zero-order chi connectivity index (χ0) is 10.4. The SMILES string of the molecule is CCOC(=O)[C@@H](O)[C@H](C)C(=O)CC. The zero-order valence-electron chi connectivity index (χ0n) is 8.24. The fraction of sp³-hybridized carbons (Fsp3) is 0.778. The van der Waals surface area contributed by atoms with Crippen LogP contribution in [0.4, 0.5) is 0 Å². The third-order valence-corrected chi connectivity index (χ3v) is 1.86. The molecule has 0 fully saturated rings. The number of aliphatic hydroxyl groups excluding tert-OH is 1. The fourth-order valence-electron chi connectivity index (χ4n) is 0.930. The van der Waals surface area contributed by atoms with Crippen molar-refractivity contribution in [3.8, 4) is 0 Å². The van der Waals surface area contributed by atoms with Gasteiger partial charge in [0.2, 0.25) is 0 Å². The summed E-state index contributed by atoms with van der Waals surface area (Å²) in [6, 6.07) is 0. The van der Waals surface area contributed by atoms with Crippen molar-refractivity contribution in [1.82, 2.24) is 0 Å². The zero-order valence-corrected chi connectivity index (χ0v) is 8.24. The molecule has 4 heteroatoms. The Morgan fingerprint density at radius 1 is 1.38 bits per heavy atom. The predicted octanol–water partition coefficient (Wildman–Crippen LogP) is 0.526. The Bertz CT molecular complexity index is 188. The second kappa shape index (κ2) is 5.70. The molecule has 76 valence electrons. The Morgan fingerprint density at radius 2 is 1.92 bits per heavy atom. The van der Waals surface area contributed by atoms with Crippen molar-refractivity contribution in [2.75, 3.05) is 6.61 Å². The highest BCUT2D eigenvalue weighted by molar-refractivity contribution is 5.87. The van der Waals surface area contributed by atoms with Crippen molar-refractivity contribution in [3.05, 3.63) is 0 Å². The highest BCUT2D eigenvalue weighted by atomic mass is 16.5. The molecular weight excluding hydrogens is 172 g/mol. The van der Waals surface area contributed by atoms with Crippen molar-refractivity contribution in [3.63, 3.8) is 0 Å². The first kappa shape index (κ1) is 12.1. The lowest BCUT2D eigenvalue weighted by atomic mass is 9.98. The lowest BCUT2D eigenvalue weighted by Gasteiger charge is -2.15. The van der Waals surface area contributed by atoms with Gasteiger partial charge in [0.15, 0.2) is 6.10 Å². The topological polar surface area (TPSA) is 63.6 Å². The van der Waals surface area contributed by atoms with E-state index in [1.165, 1.54) is 6.92 Å². The highest BCUT2D eigenvalue weighted by Crippen LogP contribution is 2.08. The lowest BCUT2D eigenvalue weighted by molar-refractivity contribution is -0.158. The van der Waals surface area contributed by atoms with Gasteiger partial charge in [-0.1, -0.05) is 13.8 Å². The van der Waals surface area contributed by atoms with Crippen molar-refractivity contribution < 1.29 is 19.4 Å². The molecule has 0 heterocycles. The van der Waals surface area contributed by atoms with E-state index in [1.54, 1.807) is 13.8 Å². The molecular formula is C9H16O4. The average Bonchev–Trinajstić information content (AvgIpc) is 2.14. The Morgan fingerprint density at radius 3 is 2.31 bits per heavy atom. The molecule has 13 heavy (non-hydrogen) atoms. The number of ether oxygens (including phenoxy) is 1. The number of ketones is 1. The van der Waals surface area contributed by atoms with E-state index >= 15 is 0 Å². The molecule has 0 aromatic carbocycles. The number of hydrogen-bond donors (Lipinski definition) is 1. The molecule has 0 amide bonds. The van der Waals surface area contributed by atoms with Crippen LogP contribution in [0.15, 0.2) is 0 Å². The molecule has 0 saturated carbocycles. The van der Waals surface area contributed by atoms with Gasteiger partial charge in [0.1, 0.15) is 5.78 Å². The molecule has 1 N–H and O–H groups in total. The summed E-state index contributed by atoms with van der Waals surface area (Å²) < 4.78 is 4.58. The summed E-state index contributed by atoms with van der Waals surface area (Å²) >= 11 is 0. The summed E-state index contributed by atoms with van der Waals surface area (Å²) in [7, 11) is 0. The monoisotopic (exact) mass is 188 g/mol.